The Kier molecular flexibility index (Phi) is 6.13. The SMILES string of the molecule is Cc1ccc(CNC(=O)c2ccc(CSc3ccc(C)cc3)cc2)cc1. The molecule has 26 heavy (non-hydrogen) atoms. The molecule has 0 bridgehead atoms. The summed E-state index contributed by atoms with van der Waals surface area (Å²) in [6, 6.07) is 24.6. The maximum atomic E-state index is 12.3. The van der Waals surface area contributed by atoms with Crippen molar-refractivity contribution in [2.75, 3.05) is 0 Å². The van der Waals surface area contributed by atoms with Gasteiger partial charge in [0.15, 0.2) is 0 Å². The molecule has 0 aliphatic rings. The van der Waals surface area contributed by atoms with Crippen LogP contribution >= 0.6 is 11.8 Å². The Morgan fingerprint density at radius 2 is 1.31 bits per heavy atom. The molecule has 3 rings (SSSR count). The van der Waals surface area contributed by atoms with Gasteiger partial charge in [0.25, 0.3) is 5.91 Å². The van der Waals surface area contributed by atoms with E-state index >= 15 is 0 Å². The van der Waals surface area contributed by atoms with Crippen LogP contribution in [0.15, 0.2) is 77.7 Å². The third-order valence-corrected chi connectivity index (χ3v) is 5.30. The molecule has 3 heteroatoms. The molecule has 0 spiro atoms. The normalized spacial score (nSPS) is 10.5. The van der Waals surface area contributed by atoms with Gasteiger partial charge >= 0.3 is 0 Å². The molecule has 3 aromatic carbocycles. The number of carbonyl (C=O) groups excluding carboxylic acids is 1. The van der Waals surface area contributed by atoms with E-state index in [1.165, 1.54) is 21.6 Å². The first-order valence-corrected chi connectivity index (χ1v) is 9.71. The fraction of sp³-hybridized carbons (Fsp3) is 0.174. The Morgan fingerprint density at radius 1 is 0.769 bits per heavy atom. The highest BCUT2D eigenvalue weighted by molar-refractivity contribution is 7.98. The van der Waals surface area contributed by atoms with Crippen LogP contribution in [0.5, 0.6) is 0 Å². The average molecular weight is 362 g/mol. The Morgan fingerprint density at radius 3 is 1.92 bits per heavy atom. The fourth-order valence-electron chi connectivity index (χ4n) is 2.54. The minimum Gasteiger partial charge on any atom is -0.348 e. The molecule has 0 heterocycles. The number of benzene rings is 3. The van der Waals surface area contributed by atoms with Crippen LogP contribution in [0.4, 0.5) is 0 Å². The van der Waals surface area contributed by atoms with Crippen LogP contribution < -0.4 is 5.32 Å². The van der Waals surface area contributed by atoms with Crippen molar-refractivity contribution in [1.29, 1.82) is 0 Å². The van der Waals surface area contributed by atoms with Gasteiger partial charge < -0.3 is 5.32 Å². The van der Waals surface area contributed by atoms with Crippen LogP contribution in [-0.4, -0.2) is 5.91 Å². The minimum atomic E-state index is -0.0386. The molecule has 0 saturated carbocycles. The van der Waals surface area contributed by atoms with Crippen molar-refractivity contribution in [1.82, 2.24) is 5.32 Å². The Balaban J connectivity index is 1.52. The van der Waals surface area contributed by atoms with Gasteiger partial charge in [-0.1, -0.05) is 59.7 Å². The third kappa shape index (κ3) is 5.24. The van der Waals surface area contributed by atoms with Gasteiger partial charge in [0.1, 0.15) is 0 Å². The van der Waals surface area contributed by atoms with Gasteiger partial charge in [-0.3, -0.25) is 4.79 Å². The molecule has 0 fully saturated rings. The van der Waals surface area contributed by atoms with Gasteiger partial charge in [0, 0.05) is 22.8 Å². The lowest BCUT2D eigenvalue weighted by molar-refractivity contribution is 0.0951. The number of rotatable bonds is 6. The van der Waals surface area contributed by atoms with Crippen LogP contribution in [0.1, 0.15) is 32.6 Å². The highest BCUT2D eigenvalue weighted by Crippen LogP contribution is 2.23. The molecule has 2 nitrogen and oxygen atoms in total. The second-order valence-electron chi connectivity index (χ2n) is 6.47. The van der Waals surface area contributed by atoms with Crippen molar-refractivity contribution in [3.05, 3.63) is 101 Å². The second-order valence-corrected chi connectivity index (χ2v) is 7.52. The third-order valence-electron chi connectivity index (χ3n) is 4.22. The summed E-state index contributed by atoms with van der Waals surface area (Å²) in [5.74, 6) is 0.859. The zero-order chi connectivity index (χ0) is 18.4. The highest BCUT2D eigenvalue weighted by atomic mass is 32.2. The van der Waals surface area contributed by atoms with Gasteiger partial charge in [-0.2, -0.15) is 0 Å². The Hall–Kier alpha value is -2.52. The maximum absolute atomic E-state index is 12.3. The molecule has 0 saturated heterocycles. The lowest BCUT2D eigenvalue weighted by atomic mass is 10.1. The van der Waals surface area contributed by atoms with Crippen molar-refractivity contribution >= 4 is 17.7 Å². The van der Waals surface area contributed by atoms with Crippen LogP contribution in [0.25, 0.3) is 0 Å². The number of aryl methyl sites for hydroxylation is 2. The van der Waals surface area contributed by atoms with E-state index in [9.17, 15) is 4.79 Å². The summed E-state index contributed by atoms with van der Waals surface area (Å²) in [7, 11) is 0. The van der Waals surface area contributed by atoms with E-state index in [2.05, 4.69) is 55.6 Å². The predicted molar refractivity (Wildman–Crippen MR) is 110 cm³/mol. The minimum absolute atomic E-state index is 0.0386. The number of carbonyl (C=O) groups is 1. The molecule has 3 aromatic rings. The van der Waals surface area contributed by atoms with Crippen LogP contribution in [-0.2, 0) is 12.3 Å². The number of thioether (sulfide) groups is 1. The molecule has 1 amide bonds. The van der Waals surface area contributed by atoms with Crippen molar-refractivity contribution in [3.8, 4) is 0 Å². The first-order chi connectivity index (χ1) is 12.6. The van der Waals surface area contributed by atoms with Gasteiger partial charge in [-0.05, 0) is 49.2 Å². The quantitative estimate of drug-likeness (QED) is 0.585. The van der Waals surface area contributed by atoms with E-state index < -0.39 is 0 Å². The largest absolute Gasteiger partial charge is 0.348 e. The van der Waals surface area contributed by atoms with E-state index in [1.54, 1.807) is 11.8 Å². The van der Waals surface area contributed by atoms with E-state index in [-0.39, 0.29) is 5.91 Å². The van der Waals surface area contributed by atoms with Gasteiger partial charge in [0.05, 0.1) is 0 Å². The molecule has 0 atom stereocenters. The topological polar surface area (TPSA) is 29.1 Å². The fourth-order valence-corrected chi connectivity index (χ4v) is 3.40. The lowest BCUT2D eigenvalue weighted by Crippen LogP contribution is -2.22. The first-order valence-electron chi connectivity index (χ1n) is 8.72. The lowest BCUT2D eigenvalue weighted by Gasteiger charge is -2.07. The van der Waals surface area contributed by atoms with Gasteiger partial charge in [-0.25, -0.2) is 0 Å². The average Bonchev–Trinajstić information content (AvgIpc) is 2.67. The number of hydrogen-bond acceptors (Lipinski definition) is 2. The number of hydrogen-bond donors (Lipinski definition) is 1. The summed E-state index contributed by atoms with van der Waals surface area (Å²) in [6.07, 6.45) is 0. The van der Waals surface area contributed by atoms with Crippen molar-refractivity contribution < 1.29 is 4.79 Å². The molecule has 132 valence electrons. The summed E-state index contributed by atoms with van der Waals surface area (Å²) in [6.45, 7) is 4.70. The van der Waals surface area contributed by atoms with Crippen molar-refractivity contribution in [3.63, 3.8) is 0 Å². The zero-order valence-electron chi connectivity index (χ0n) is 15.2. The summed E-state index contributed by atoms with van der Waals surface area (Å²) in [5, 5.41) is 2.97. The van der Waals surface area contributed by atoms with Crippen LogP contribution in [0.2, 0.25) is 0 Å². The zero-order valence-corrected chi connectivity index (χ0v) is 16.0. The van der Waals surface area contributed by atoms with Crippen LogP contribution in [0, 0.1) is 13.8 Å². The molecular weight excluding hydrogens is 338 g/mol. The Labute approximate surface area is 159 Å². The summed E-state index contributed by atoms with van der Waals surface area (Å²) in [4.78, 5) is 13.6. The predicted octanol–water partition coefficient (Wildman–Crippen LogP) is 5.53. The van der Waals surface area contributed by atoms with E-state index in [0.29, 0.717) is 12.1 Å². The van der Waals surface area contributed by atoms with Crippen molar-refractivity contribution in [2.45, 2.75) is 31.0 Å². The van der Waals surface area contributed by atoms with Gasteiger partial charge in [0.2, 0.25) is 0 Å². The van der Waals surface area contributed by atoms with E-state index in [1.807, 2.05) is 36.4 Å². The second kappa shape index (κ2) is 8.72. The first kappa shape index (κ1) is 18.3. The molecule has 0 aromatic heterocycles. The van der Waals surface area contributed by atoms with Gasteiger partial charge in [-0.15, -0.1) is 11.8 Å². The maximum Gasteiger partial charge on any atom is 0.251 e. The smallest absolute Gasteiger partial charge is 0.251 e. The number of nitrogens with one attached hydrogen (secondary N) is 1. The van der Waals surface area contributed by atoms with E-state index in [0.717, 1.165) is 11.3 Å². The molecule has 1 N–H and O–H groups in total. The van der Waals surface area contributed by atoms with Crippen molar-refractivity contribution in [2.24, 2.45) is 0 Å². The molecule has 0 aliphatic heterocycles. The summed E-state index contributed by atoms with van der Waals surface area (Å²) < 4.78 is 0. The van der Waals surface area contributed by atoms with Crippen LogP contribution in [0.3, 0.4) is 0 Å². The number of amides is 1. The molecule has 0 radical (unpaired) electrons. The highest BCUT2D eigenvalue weighted by Gasteiger charge is 2.05. The van der Waals surface area contributed by atoms with E-state index in [4.69, 9.17) is 0 Å². The standard InChI is InChI=1S/C23H23NOS/c1-17-3-7-19(8-4-17)15-24-23(25)21-11-9-20(10-12-21)16-26-22-13-5-18(2)6-14-22/h3-14H,15-16H2,1-2H3,(H,24,25). The summed E-state index contributed by atoms with van der Waals surface area (Å²) >= 11 is 1.80. The molecule has 0 unspecified atom stereocenters. The monoisotopic (exact) mass is 361 g/mol. The summed E-state index contributed by atoms with van der Waals surface area (Å²) in [5.41, 5.74) is 5.51. The molecule has 0 aliphatic carbocycles. The molecular formula is C23H23NOS. The Bertz CT molecular complexity index is 852.